The summed E-state index contributed by atoms with van der Waals surface area (Å²) in [6.45, 7) is 15.2. The van der Waals surface area contributed by atoms with Crippen LogP contribution < -0.4 is 0 Å². The summed E-state index contributed by atoms with van der Waals surface area (Å²) in [5.41, 5.74) is 2.60. The van der Waals surface area contributed by atoms with E-state index in [4.69, 9.17) is 0 Å². The molecular formula is C22H38O2S2. The minimum absolute atomic E-state index is 0.0645. The maximum absolute atomic E-state index is 12.5. The largest absolute Gasteiger partial charge is 0.229 e. The lowest BCUT2D eigenvalue weighted by atomic mass is 9.72. The lowest BCUT2D eigenvalue weighted by molar-refractivity contribution is 0.284. The van der Waals surface area contributed by atoms with E-state index in [2.05, 4.69) is 72.4 Å². The van der Waals surface area contributed by atoms with E-state index in [-0.39, 0.29) is 21.8 Å². The zero-order chi connectivity index (χ0) is 20.2. The maximum atomic E-state index is 12.5. The van der Waals surface area contributed by atoms with Crippen molar-refractivity contribution in [1.29, 1.82) is 0 Å². The van der Waals surface area contributed by atoms with E-state index in [1.54, 1.807) is 0 Å². The summed E-state index contributed by atoms with van der Waals surface area (Å²) in [5.74, 6) is 0.205. The smallest absolute Gasteiger partial charge is 0.153 e. The second-order valence-corrected chi connectivity index (χ2v) is 12.6. The molecule has 0 saturated carbocycles. The first kappa shape index (κ1) is 23.6. The number of unbranched alkanes of at least 4 members (excludes halogenated alkanes) is 1. The van der Waals surface area contributed by atoms with Crippen LogP contribution in [0.25, 0.3) is 0 Å². The molecular weight excluding hydrogens is 360 g/mol. The van der Waals surface area contributed by atoms with E-state index in [1.165, 1.54) is 5.56 Å². The van der Waals surface area contributed by atoms with Crippen molar-refractivity contribution in [2.24, 2.45) is 5.41 Å². The van der Waals surface area contributed by atoms with E-state index in [0.29, 0.717) is 6.42 Å². The molecule has 0 spiro atoms. The Morgan fingerprint density at radius 2 is 1.73 bits per heavy atom. The third kappa shape index (κ3) is 7.26. The summed E-state index contributed by atoms with van der Waals surface area (Å²) in [7, 11) is -3.04. The second kappa shape index (κ2) is 9.14. The van der Waals surface area contributed by atoms with Crippen molar-refractivity contribution in [2.45, 2.75) is 96.1 Å². The van der Waals surface area contributed by atoms with Gasteiger partial charge in [-0.2, -0.15) is 0 Å². The molecule has 0 bridgehead atoms. The van der Waals surface area contributed by atoms with Crippen LogP contribution in [0, 0.1) is 5.41 Å². The molecule has 0 amide bonds. The summed E-state index contributed by atoms with van der Waals surface area (Å²) in [4.78, 5) is 0.904. The van der Waals surface area contributed by atoms with Gasteiger partial charge in [0.05, 0.1) is 11.0 Å². The topological polar surface area (TPSA) is 34.1 Å². The first-order chi connectivity index (χ1) is 11.8. The van der Waals surface area contributed by atoms with Crippen LogP contribution in [0.3, 0.4) is 0 Å². The predicted molar refractivity (Wildman–Crippen MR) is 117 cm³/mol. The highest BCUT2D eigenvalue weighted by atomic mass is 32.2. The van der Waals surface area contributed by atoms with Crippen molar-refractivity contribution >= 4 is 22.5 Å². The Balaban J connectivity index is 2.85. The molecule has 150 valence electrons. The average molecular weight is 399 g/mol. The third-order valence-electron chi connectivity index (χ3n) is 5.07. The zero-order valence-electron chi connectivity index (χ0n) is 17.7. The summed E-state index contributed by atoms with van der Waals surface area (Å²) >= 11 is 4.65. The number of hydrogen-bond acceptors (Lipinski definition) is 3. The standard InChI is InChI=1S/C22H38O2S2/c1-8-9-10-17(2)26(23,24)14-13-18-11-12-19(15-20(18)25)22(6,7)16-21(3,4)5/h11-12,15,17,25H,8-10,13-14,16H2,1-7H3. The van der Waals surface area contributed by atoms with Crippen LogP contribution in [0.15, 0.2) is 23.1 Å². The minimum atomic E-state index is -3.04. The SMILES string of the molecule is CCCCC(C)S(=O)(=O)CCc1ccc(C(C)(C)CC(C)(C)C)cc1S. The highest BCUT2D eigenvalue weighted by molar-refractivity contribution is 7.92. The summed E-state index contributed by atoms with van der Waals surface area (Å²) in [5, 5.41) is -0.254. The molecule has 4 heteroatoms. The molecule has 1 atom stereocenters. The molecule has 0 aliphatic heterocycles. The molecule has 0 fully saturated rings. The lowest BCUT2D eigenvalue weighted by Crippen LogP contribution is -2.25. The molecule has 2 nitrogen and oxygen atoms in total. The van der Waals surface area contributed by atoms with Crippen LogP contribution in [0.5, 0.6) is 0 Å². The molecule has 1 aromatic rings. The van der Waals surface area contributed by atoms with Gasteiger partial charge in [0, 0.05) is 4.90 Å². The Labute approximate surface area is 167 Å². The van der Waals surface area contributed by atoms with E-state index < -0.39 is 9.84 Å². The third-order valence-corrected chi connectivity index (χ3v) is 7.72. The van der Waals surface area contributed by atoms with Crippen LogP contribution in [0.1, 0.15) is 85.3 Å². The fourth-order valence-electron chi connectivity index (χ4n) is 3.75. The quantitative estimate of drug-likeness (QED) is 0.501. The number of rotatable bonds is 9. The van der Waals surface area contributed by atoms with Gasteiger partial charge in [-0.3, -0.25) is 0 Å². The fourth-order valence-corrected chi connectivity index (χ4v) is 5.51. The van der Waals surface area contributed by atoms with Gasteiger partial charge in [-0.15, -0.1) is 12.6 Å². The molecule has 0 aliphatic rings. The van der Waals surface area contributed by atoms with Crippen molar-refractivity contribution in [2.75, 3.05) is 5.75 Å². The van der Waals surface area contributed by atoms with Crippen molar-refractivity contribution in [3.8, 4) is 0 Å². The summed E-state index contributed by atoms with van der Waals surface area (Å²) < 4.78 is 25.0. The Morgan fingerprint density at radius 1 is 1.12 bits per heavy atom. The van der Waals surface area contributed by atoms with Crippen molar-refractivity contribution in [3.05, 3.63) is 29.3 Å². The van der Waals surface area contributed by atoms with Crippen LogP contribution in [0.4, 0.5) is 0 Å². The van der Waals surface area contributed by atoms with Crippen molar-refractivity contribution < 1.29 is 8.42 Å². The molecule has 0 aromatic heterocycles. The number of thiol groups is 1. The van der Waals surface area contributed by atoms with Crippen molar-refractivity contribution in [1.82, 2.24) is 0 Å². The van der Waals surface area contributed by atoms with Crippen LogP contribution in [0.2, 0.25) is 0 Å². The molecule has 0 aliphatic carbocycles. The number of benzene rings is 1. The molecule has 0 N–H and O–H groups in total. The van der Waals surface area contributed by atoms with Gasteiger partial charge in [0.25, 0.3) is 0 Å². The van der Waals surface area contributed by atoms with Crippen LogP contribution >= 0.6 is 12.6 Å². The first-order valence-corrected chi connectivity index (χ1v) is 12.0. The van der Waals surface area contributed by atoms with Gasteiger partial charge in [-0.25, -0.2) is 8.42 Å². The number of aryl methyl sites for hydroxylation is 1. The van der Waals surface area contributed by atoms with E-state index in [1.807, 2.05) is 6.92 Å². The highest BCUT2D eigenvalue weighted by Gasteiger charge is 2.28. The van der Waals surface area contributed by atoms with Gasteiger partial charge in [0.1, 0.15) is 0 Å². The predicted octanol–water partition coefficient (Wildman–Crippen LogP) is 6.23. The van der Waals surface area contributed by atoms with E-state index in [9.17, 15) is 8.42 Å². The van der Waals surface area contributed by atoms with Crippen molar-refractivity contribution in [3.63, 3.8) is 0 Å². The average Bonchev–Trinajstić information content (AvgIpc) is 2.48. The lowest BCUT2D eigenvalue weighted by Gasteiger charge is -2.33. The van der Waals surface area contributed by atoms with E-state index >= 15 is 0 Å². The Morgan fingerprint density at radius 3 is 2.23 bits per heavy atom. The monoisotopic (exact) mass is 398 g/mol. The normalized spacial score (nSPS) is 14.5. The summed E-state index contributed by atoms with van der Waals surface area (Å²) in [6.07, 6.45) is 4.38. The fraction of sp³-hybridized carbons (Fsp3) is 0.727. The van der Waals surface area contributed by atoms with E-state index in [0.717, 1.165) is 36.1 Å². The van der Waals surface area contributed by atoms with Gasteiger partial charge in [0.15, 0.2) is 9.84 Å². The molecule has 0 saturated heterocycles. The molecule has 1 unspecified atom stereocenters. The van der Waals surface area contributed by atoms with Gasteiger partial charge >= 0.3 is 0 Å². The van der Waals surface area contributed by atoms with Gasteiger partial charge in [-0.05, 0) is 54.2 Å². The van der Waals surface area contributed by atoms with Crippen LogP contribution in [-0.4, -0.2) is 19.4 Å². The van der Waals surface area contributed by atoms with Gasteiger partial charge in [-0.1, -0.05) is 66.5 Å². The molecule has 26 heavy (non-hydrogen) atoms. The molecule has 1 rings (SSSR count). The summed E-state index contributed by atoms with van der Waals surface area (Å²) in [6, 6.07) is 6.33. The number of sulfone groups is 1. The molecule has 0 heterocycles. The Kier molecular flexibility index (Phi) is 8.28. The molecule has 1 aromatic carbocycles. The molecule has 0 radical (unpaired) electrons. The van der Waals surface area contributed by atoms with Gasteiger partial charge in [0.2, 0.25) is 0 Å². The maximum Gasteiger partial charge on any atom is 0.153 e. The number of hydrogen-bond donors (Lipinski definition) is 1. The minimum Gasteiger partial charge on any atom is -0.229 e. The van der Waals surface area contributed by atoms with Gasteiger partial charge < -0.3 is 0 Å². The Hall–Kier alpha value is -0.480. The first-order valence-electron chi connectivity index (χ1n) is 9.82. The Bertz CT molecular complexity index is 683. The zero-order valence-corrected chi connectivity index (χ0v) is 19.4. The van der Waals surface area contributed by atoms with Crippen LogP contribution in [-0.2, 0) is 21.7 Å². The highest BCUT2D eigenvalue weighted by Crippen LogP contribution is 2.37. The second-order valence-electron chi connectivity index (χ2n) is 9.53.